The van der Waals surface area contributed by atoms with E-state index in [1.807, 2.05) is 26.0 Å². The second-order valence-corrected chi connectivity index (χ2v) is 7.33. The summed E-state index contributed by atoms with van der Waals surface area (Å²) in [6.07, 6.45) is 0. The molecule has 0 amide bonds. The average molecular weight is 356 g/mol. The molecule has 0 unspecified atom stereocenters. The fourth-order valence-electron chi connectivity index (χ4n) is 3.37. The number of esters is 1. The van der Waals surface area contributed by atoms with Gasteiger partial charge in [-0.2, -0.15) is 0 Å². The number of benzene rings is 1. The van der Waals surface area contributed by atoms with E-state index in [0.29, 0.717) is 23.4 Å². The van der Waals surface area contributed by atoms with Crippen molar-refractivity contribution in [3.05, 3.63) is 52.8 Å². The first-order valence-electron chi connectivity index (χ1n) is 8.89. The van der Waals surface area contributed by atoms with E-state index in [1.54, 1.807) is 25.1 Å². The molecular weight excluding hydrogens is 328 g/mol. The van der Waals surface area contributed by atoms with E-state index >= 15 is 0 Å². The zero-order valence-corrected chi connectivity index (χ0v) is 16.5. The lowest BCUT2D eigenvalue weighted by Crippen LogP contribution is -2.25. The topological polar surface area (TPSA) is 60.3 Å². The zero-order valence-electron chi connectivity index (χ0n) is 16.5. The quantitative estimate of drug-likeness (QED) is 0.618. The fraction of sp³-hybridized carbons (Fsp3) is 0.429. The molecule has 0 radical (unpaired) electrons. The van der Waals surface area contributed by atoms with Crippen LogP contribution in [-0.4, -0.2) is 29.5 Å². The van der Waals surface area contributed by atoms with E-state index in [9.17, 15) is 9.59 Å². The third-order valence-corrected chi connectivity index (χ3v) is 4.26. The lowest BCUT2D eigenvalue weighted by Gasteiger charge is -2.25. The number of carbonyl (C=O) groups is 2. The number of Topliss-reactive ketones (excluding diaryl/α,β-unsaturated/α-hetero) is 1. The highest BCUT2D eigenvalue weighted by molar-refractivity contribution is 6.01. The maximum atomic E-state index is 12.7. The van der Waals surface area contributed by atoms with Crippen LogP contribution >= 0.6 is 0 Å². The van der Waals surface area contributed by atoms with Crippen molar-refractivity contribution in [2.75, 3.05) is 18.5 Å². The summed E-state index contributed by atoms with van der Waals surface area (Å²) in [5.41, 5.74) is 3.67. The third kappa shape index (κ3) is 4.15. The Morgan fingerprint density at radius 1 is 1.12 bits per heavy atom. The van der Waals surface area contributed by atoms with E-state index < -0.39 is 5.97 Å². The van der Waals surface area contributed by atoms with E-state index in [1.165, 1.54) is 0 Å². The Bertz CT molecular complexity index is 813. The van der Waals surface area contributed by atoms with Gasteiger partial charge in [-0.3, -0.25) is 4.79 Å². The van der Waals surface area contributed by atoms with Crippen molar-refractivity contribution < 1.29 is 14.3 Å². The number of ether oxygens (including phenoxy) is 1. The van der Waals surface area contributed by atoms with Gasteiger partial charge in [0, 0.05) is 28.2 Å². The monoisotopic (exact) mass is 356 g/mol. The van der Waals surface area contributed by atoms with E-state index in [4.69, 9.17) is 4.74 Å². The SMILES string of the molecule is CCOC(=O)c1ccccc1NCC(=O)c1cc(C)n(C(C)(C)C)c1C. The molecule has 0 aliphatic rings. The lowest BCUT2D eigenvalue weighted by molar-refractivity contribution is 0.0527. The molecule has 1 aromatic heterocycles. The highest BCUT2D eigenvalue weighted by Crippen LogP contribution is 2.25. The second kappa shape index (κ2) is 7.77. The van der Waals surface area contributed by atoms with E-state index in [0.717, 1.165) is 11.4 Å². The van der Waals surface area contributed by atoms with Crippen LogP contribution in [0, 0.1) is 13.8 Å². The van der Waals surface area contributed by atoms with Gasteiger partial charge in [0.25, 0.3) is 0 Å². The highest BCUT2D eigenvalue weighted by Gasteiger charge is 2.22. The molecule has 0 saturated heterocycles. The van der Waals surface area contributed by atoms with Crippen LogP contribution in [0.2, 0.25) is 0 Å². The smallest absolute Gasteiger partial charge is 0.340 e. The van der Waals surface area contributed by atoms with Gasteiger partial charge in [-0.05, 0) is 59.7 Å². The molecule has 0 aliphatic heterocycles. The van der Waals surface area contributed by atoms with Crippen LogP contribution in [0.1, 0.15) is 59.8 Å². The summed E-state index contributed by atoms with van der Waals surface area (Å²) in [4.78, 5) is 24.8. The Morgan fingerprint density at radius 2 is 1.77 bits per heavy atom. The molecule has 1 heterocycles. The first kappa shape index (κ1) is 19.8. The number of rotatable bonds is 6. The largest absolute Gasteiger partial charge is 0.462 e. The maximum absolute atomic E-state index is 12.7. The van der Waals surface area contributed by atoms with Crippen molar-refractivity contribution in [3.63, 3.8) is 0 Å². The second-order valence-electron chi connectivity index (χ2n) is 7.33. The summed E-state index contributed by atoms with van der Waals surface area (Å²) in [7, 11) is 0. The van der Waals surface area contributed by atoms with Crippen molar-refractivity contribution >= 4 is 17.4 Å². The number of carbonyl (C=O) groups excluding carboxylic acids is 2. The van der Waals surface area contributed by atoms with Crippen molar-refractivity contribution in [2.45, 2.75) is 47.1 Å². The van der Waals surface area contributed by atoms with Gasteiger partial charge < -0.3 is 14.6 Å². The Balaban J connectivity index is 2.20. The van der Waals surface area contributed by atoms with Crippen molar-refractivity contribution in [2.24, 2.45) is 0 Å². The number of ketones is 1. The molecule has 1 N–H and O–H groups in total. The predicted octanol–water partition coefficient (Wildman–Crippen LogP) is 4.33. The molecule has 1 aromatic carbocycles. The number of nitrogens with one attached hydrogen (secondary N) is 1. The molecule has 0 saturated carbocycles. The number of aromatic nitrogens is 1. The molecule has 2 aromatic rings. The number of para-hydroxylation sites is 1. The Hall–Kier alpha value is -2.56. The van der Waals surface area contributed by atoms with Crippen molar-refractivity contribution in [1.29, 1.82) is 0 Å². The summed E-state index contributed by atoms with van der Waals surface area (Å²) in [5, 5.41) is 3.09. The molecule has 5 nitrogen and oxygen atoms in total. The molecule has 0 bridgehead atoms. The van der Waals surface area contributed by atoms with Crippen molar-refractivity contribution in [1.82, 2.24) is 4.57 Å². The molecule has 5 heteroatoms. The van der Waals surface area contributed by atoms with Crippen LogP contribution in [-0.2, 0) is 10.3 Å². The van der Waals surface area contributed by atoms with Gasteiger partial charge in [0.2, 0.25) is 0 Å². The first-order valence-corrected chi connectivity index (χ1v) is 8.89. The Kier molecular flexibility index (Phi) is 5.90. The minimum absolute atomic E-state index is 0.00716. The summed E-state index contributed by atoms with van der Waals surface area (Å²) in [6, 6.07) is 8.99. The van der Waals surface area contributed by atoms with Gasteiger partial charge in [-0.1, -0.05) is 12.1 Å². The molecule has 2 rings (SSSR count). The number of aryl methyl sites for hydroxylation is 1. The molecule has 0 atom stereocenters. The van der Waals surface area contributed by atoms with Crippen molar-refractivity contribution in [3.8, 4) is 0 Å². The molecule has 0 fully saturated rings. The third-order valence-electron chi connectivity index (χ3n) is 4.26. The van der Waals surface area contributed by atoms with Gasteiger partial charge >= 0.3 is 5.97 Å². The van der Waals surface area contributed by atoms with Gasteiger partial charge in [-0.15, -0.1) is 0 Å². The number of hydrogen-bond donors (Lipinski definition) is 1. The Labute approximate surface area is 155 Å². The predicted molar refractivity (Wildman–Crippen MR) is 104 cm³/mol. The van der Waals surface area contributed by atoms with Gasteiger partial charge in [0.05, 0.1) is 18.7 Å². The van der Waals surface area contributed by atoms with E-state index in [2.05, 4.69) is 30.7 Å². The molecule has 26 heavy (non-hydrogen) atoms. The molecular formula is C21H28N2O3. The molecule has 140 valence electrons. The summed E-state index contributed by atoms with van der Waals surface area (Å²) >= 11 is 0. The highest BCUT2D eigenvalue weighted by atomic mass is 16.5. The molecule has 0 aliphatic carbocycles. The van der Waals surface area contributed by atoms with Crippen LogP contribution in [0.5, 0.6) is 0 Å². The van der Waals surface area contributed by atoms with Gasteiger partial charge in [0.15, 0.2) is 5.78 Å². The number of nitrogens with zero attached hydrogens (tertiary/aromatic N) is 1. The maximum Gasteiger partial charge on any atom is 0.340 e. The van der Waals surface area contributed by atoms with Crippen LogP contribution in [0.3, 0.4) is 0 Å². The van der Waals surface area contributed by atoms with Crippen LogP contribution in [0.25, 0.3) is 0 Å². The zero-order chi connectivity index (χ0) is 19.5. The van der Waals surface area contributed by atoms with Gasteiger partial charge in [0.1, 0.15) is 0 Å². The lowest BCUT2D eigenvalue weighted by atomic mass is 10.1. The first-order chi connectivity index (χ1) is 12.2. The van der Waals surface area contributed by atoms with Crippen LogP contribution in [0.15, 0.2) is 30.3 Å². The summed E-state index contributed by atoms with van der Waals surface area (Å²) in [5.74, 6) is -0.402. The Morgan fingerprint density at radius 3 is 2.35 bits per heavy atom. The minimum atomic E-state index is -0.394. The molecule has 0 spiro atoms. The normalized spacial score (nSPS) is 11.3. The standard InChI is InChI=1S/C21H28N2O3/c1-7-26-20(25)16-10-8-9-11-18(16)22-13-19(24)17-12-14(2)23(15(17)3)21(4,5)6/h8-12,22H,7,13H2,1-6H3. The summed E-state index contributed by atoms with van der Waals surface area (Å²) in [6.45, 7) is 12.5. The van der Waals surface area contributed by atoms with Crippen LogP contribution in [0.4, 0.5) is 5.69 Å². The average Bonchev–Trinajstić information content (AvgIpc) is 2.87. The van der Waals surface area contributed by atoms with E-state index in [-0.39, 0.29) is 17.9 Å². The van der Waals surface area contributed by atoms with Gasteiger partial charge in [-0.25, -0.2) is 4.79 Å². The minimum Gasteiger partial charge on any atom is -0.462 e. The summed E-state index contributed by atoms with van der Waals surface area (Å²) < 4.78 is 7.24. The fourth-order valence-corrected chi connectivity index (χ4v) is 3.37. The number of anilines is 1. The number of hydrogen-bond acceptors (Lipinski definition) is 4. The van der Waals surface area contributed by atoms with Crippen LogP contribution < -0.4 is 5.32 Å².